The molecule has 1 spiro atoms. The van der Waals surface area contributed by atoms with Crippen LogP contribution in [0.5, 0.6) is 0 Å². The van der Waals surface area contributed by atoms with Crippen molar-refractivity contribution in [2.75, 3.05) is 13.1 Å². The fourth-order valence-corrected chi connectivity index (χ4v) is 2.37. The molecule has 2 aliphatic heterocycles. The quantitative estimate of drug-likeness (QED) is 0.645. The van der Waals surface area contributed by atoms with E-state index in [1.54, 1.807) is 6.92 Å². The Bertz CT molecular complexity index is 374. The first kappa shape index (κ1) is 12.0. The summed E-state index contributed by atoms with van der Waals surface area (Å²) < 4.78 is 0. The Morgan fingerprint density at radius 2 is 1.94 bits per heavy atom. The van der Waals surface area contributed by atoms with E-state index in [1.807, 2.05) is 0 Å². The van der Waals surface area contributed by atoms with Gasteiger partial charge in [-0.05, 0) is 39.8 Å². The van der Waals surface area contributed by atoms with Crippen molar-refractivity contribution in [3.05, 3.63) is 0 Å². The summed E-state index contributed by atoms with van der Waals surface area (Å²) in [6.45, 7) is 4.38. The number of imide groups is 1. The maximum Gasteiger partial charge on any atom is 0.325 e. The summed E-state index contributed by atoms with van der Waals surface area (Å²) >= 11 is 0. The third-order valence-corrected chi connectivity index (χ3v) is 3.63. The Labute approximate surface area is 99.7 Å². The van der Waals surface area contributed by atoms with Crippen LogP contribution < -0.4 is 10.6 Å². The van der Waals surface area contributed by atoms with Gasteiger partial charge in [-0.1, -0.05) is 0 Å². The normalized spacial score (nSPS) is 24.9. The van der Waals surface area contributed by atoms with Crippen molar-refractivity contribution in [2.24, 2.45) is 0 Å². The molecule has 0 bridgehead atoms. The Hall–Kier alpha value is -1.43. The zero-order valence-corrected chi connectivity index (χ0v) is 10.1. The lowest BCUT2D eigenvalue weighted by Crippen LogP contribution is -2.54. The molecule has 2 rings (SSSR count). The van der Waals surface area contributed by atoms with Crippen LogP contribution in [-0.4, -0.2) is 47.3 Å². The highest BCUT2D eigenvalue weighted by Crippen LogP contribution is 2.28. The molecule has 0 saturated carbocycles. The number of nitrogens with one attached hydrogen (secondary N) is 2. The molecule has 0 aliphatic carbocycles. The molecule has 2 heterocycles. The number of Topliss-reactive ketones (excluding diaryl/α,β-unsaturated/α-hetero) is 1. The topological polar surface area (TPSA) is 78.5 Å². The van der Waals surface area contributed by atoms with Crippen molar-refractivity contribution in [3.63, 3.8) is 0 Å². The fourth-order valence-electron chi connectivity index (χ4n) is 2.37. The van der Waals surface area contributed by atoms with E-state index >= 15 is 0 Å². The maximum absolute atomic E-state index is 12.3. The van der Waals surface area contributed by atoms with Crippen molar-refractivity contribution in [2.45, 2.75) is 38.3 Å². The molecular formula is C11H17N3O3. The number of hydrogen-bond acceptors (Lipinski definition) is 4. The van der Waals surface area contributed by atoms with E-state index < -0.39 is 17.6 Å². The van der Waals surface area contributed by atoms with Crippen LogP contribution in [0.3, 0.4) is 0 Å². The predicted octanol–water partition coefficient (Wildman–Crippen LogP) is -0.362. The third-order valence-electron chi connectivity index (χ3n) is 3.63. The summed E-state index contributed by atoms with van der Waals surface area (Å²) in [6.07, 6.45) is 1.16. The number of carbonyl (C=O) groups is 3. The van der Waals surface area contributed by atoms with E-state index in [2.05, 4.69) is 10.6 Å². The zero-order chi connectivity index (χ0) is 12.6. The minimum absolute atomic E-state index is 0.181. The Morgan fingerprint density at radius 3 is 2.47 bits per heavy atom. The molecule has 1 unspecified atom stereocenters. The highest BCUT2D eigenvalue weighted by Gasteiger charge is 2.53. The minimum atomic E-state index is -0.786. The summed E-state index contributed by atoms with van der Waals surface area (Å²) in [7, 11) is 0. The lowest BCUT2D eigenvalue weighted by Gasteiger charge is -2.31. The second kappa shape index (κ2) is 4.10. The molecule has 3 amide bonds. The molecular weight excluding hydrogens is 222 g/mol. The van der Waals surface area contributed by atoms with E-state index in [0.29, 0.717) is 25.9 Å². The van der Waals surface area contributed by atoms with Gasteiger partial charge in [-0.2, -0.15) is 0 Å². The van der Waals surface area contributed by atoms with Gasteiger partial charge in [0.15, 0.2) is 5.78 Å². The minimum Gasteiger partial charge on any atom is -0.323 e. The lowest BCUT2D eigenvalue weighted by atomic mass is 9.88. The third kappa shape index (κ3) is 1.82. The van der Waals surface area contributed by atoms with Crippen LogP contribution in [0.1, 0.15) is 26.7 Å². The Kier molecular flexibility index (Phi) is 2.91. The van der Waals surface area contributed by atoms with E-state index in [-0.39, 0.29) is 11.7 Å². The molecule has 2 saturated heterocycles. The van der Waals surface area contributed by atoms with Crippen LogP contribution in [0.2, 0.25) is 0 Å². The fraction of sp³-hybridized carbons (Fsp3) is 0.727. The molecule has 6 heteroatoms. The van der Waals surface area contributed by atoms with Gasteiger partial charge in [0.05, 0.1) is 6.04 Å². The van der Waals surface area contributed by atoms with E-state index in [1.165, 1.54) is 6.92 Å². The highest BCUT2D eigenvalue weighted by molar-refractivity contribution is 6.09. The standard InChI is InChI=1S/C11H17N3O3/c1-7(8(2)15)14-9(16)11(13-10(14)17)3-5-12-6-4-11/h7,12H,3-6H2,1-2H3,(H,13,17). The zero-order valence-electron chi connectivity index (χ0n) is 10.1. The summed E-state index contributed by atoms with van der Waals surface area (Å²) in [5.41, 5.74) is -0.786. The summed E-state index contributed by atoms with van der Waals surface area (Å²) in [6, 6.07) is -1.13. The van der Waals surface area contributed by atoms with Gasteiger partial charge < -0.3 is 10.6 Å². The van der Waals surface area contributed by atoms with Gasteiger partial charge in [-0.25, -0.2) is 4.79 Å². The number of carbonyl (C=O) groups excluding carboxylic acids is 3. The van der Waals surface area contributed by atoms with Gasteiger partial charge in [0.2, 0.25) is 0 Å². The number of rotatable bonds is 2. The van der Waals surface area contributed by atoms with Crippen LogP contribution in [0, 0.1) is 0 Å². The van der Waals surface area contributed by atoms with Gasteiger partial charge in [0.1, 0.15) is 5.54 Å². The van der Waals surface area contributed by atoms with Crippen molar-refractivity contribution in [1.29, 1.82) is 0 Å². The first-order valence-electron chi connectivity index (χ1n) is 5.85. The van der Waals surface area contributed by atoms with Crippen LogP contribution in [0.25, 0.3) is 0 Å². The molecule has 0 aromatic carbocycles. The second-order valence-corrected chi connectivity index (χ2v) is 4.72. The van der Waals surface area contributed by atoms with Gasteiger partial charge in [-0.15, -0.1) is 0 Å². The molecule has 0 aromatic rings. The van der Waals surface area contributed by atoms with Gasteiger partial charge in [0.25, 0.3) is 5.91 Å². The van der Waals surface area contributed by atoms with E-state index in [9.17, 15) is 14.4 Å². The molecule has 2 aliphatic rings. The van der Waals surface area contributed by atoms with Crippen molar-refractivity contribution in [3.8, 4) is 0 Å². The number of nitrogens with zero attached hydrogens (tertiary/aromatic N) is 1. The summed E-state index contributed by atoms with van der Waals surface area (Å²) in [4.78, 5) is 36.5. The van der Waals surface area contributed by atoms with Crippen molar-refractivity contribution >= 4 is 17.7 Å². The molecule has 2 fully saturated rings. The molecule has 17 heavy (non-hydrogen) atoms. The van der Waals surface area contributed by atoms with Crippen molar-refractivity contribution in [1.82, 2.24) is 15.5 Å². The number of ketones is 1. The number of piperidine rings is 1. The molecule has 2 N–H and O–H groups in total. The smallest absolute Gasteiger partial charge is 0.323 e. The van der Waals surface area contributed by atoms with E-state index in [4.69, 9.17) is 0 Å². The van der Waals surface area contributed by atoms with Gasteiger partial charge >= 0.3 is 6.03 Å². The van der Waals surface area contributed by atoms with Crippen LogP contribution in [0.4, 0.5) is 4.79 Å². The van der Waals surface area contributed by atoms with E-state index in [0.717, 1.165) is 4.90 Å². The average molecular weight is 239 g/mol. The first-order valence-corrected chi connectivity index (χ1v) is 5.85. The maximum atomic E-state index is 12.3. The largest absolute Gasteiger partial charge is 0.325 e. The average Bonchev–Trinajstić information content (AvgIpc) is 2.51. The lowest BCUT2D eigenvalue weighted by molar-refractivity contribution is -0.137. The molecule has 0 aromatic heterocycles. The molecule has 0 radical (unpaired) electrons. The molecule has 6 nitrogen and oxygen atoms in total. The molecule has 1 atom stereocenters. The summed E-state index contributed by atoms with van der Waals surface area (Å²) in [5.74, 6) is -0.439. The predicted molar refractivity (Wildman–Crippen MR) is 60.4 cm³/mol. The highest BCUT2D eigenvalue weighted by atomic mass is 16.2. The second-order valence-electron chi connectivity index (χ2n) is 4.72. The van der Waals surface area contributed by atoms with Gasteiger partial charge in [-0.3, -0.25) is 14.5 Å². The Balaban J connectivity index is 2.24. The first-order chi connectivity index (χ1) is 7.98. The monoisotopic (exact) mass is 239 g/mol. The van der Waals surface area contributed by atoms with Crippen LogP contribution in [-0.2, 0) is 9.59 Å². The number of hydrogen-bond donors (Lipinski definition) is 2. The SMILES string of the molecule is CC(=O)C(C)N1C(=O)NC2(CCNCC2)C1=O. The van der Waals surface area contributed by atoms with Gasteiger partial charge in [0, 0.05) is 0 Å². The van der Waals surface area contributed by atoms with Crippen LogP contribution >= 0.6 is 0 Å². The number of urea groups is 1. The number of amides is 3. The van der Waals surface area contributed by atoms with Crippen LogP contribution in [0.15, 0.2) is 0 Å². The van der Waals surface area contributed by atoms with Crippen molar-refractivity contribution < 1.29 is 14.4 Å². The Morgan fingerprint density at radius 1 is 1.35 bits per heavy atom. The summed E-state index contributed by atoms with van der Waals surface area (Å²) in [5, 5.41) is 5.90. The molecule has 94 valence electrons.